The molecule has 0 aromatic carbocycles. The lowest BCUT2D eigenvalue weighted by molar-refractivity contribution is -0.124. The highest BCUT2D eigenvalue weighted by Gasteiger charge is 2.26. The molecular formula is C9H17O. The second-order valence-corrected chi connectivity index (χ2v) is 2.92. The van der Waals surface area contributed by atoms with Gasteiger partial charge in [-0.3, -0.25) is 4.79 Å². The third-order valence-electron chi connectivity index (χ3n) is 2.42. The van der Waals surface area contributed by atoms with Crippen molar-refractivity contribution in [1.82, 2.24) is 0 Å². The van der Waals surface area contributed by atoms with Crippen LogP contribution >= 0.6 is 0 Å². The summed E-state index contributed by atoms with van der Waals surface area (Å²) >= 11 is 0. The average Bonchev–Trinajstić information content (AvgIpc) is 2.01. The first kappa shape index (κ1) is 9.67. The summed E-state index contributed by atoms with van der Waals surface area (Å²) in [6.45, 7) is 7.96. The van der Waals surface area contributed by atoms with Crippen molar-refractivity contribution in [2.75, 3.05) is 0 Å². The van der Waals surface area contributed by atoms with Crippen LogP contribution in [0.4, 0.5) is 0 Å². The lowest BCUT2D eigenvalue weighted by Crippen LogP contribution is -2.25. The standard InChI is InChI=1S/C9H17O/c1-5-8(10)9(4,6-2)7-3/h5H,6-7H2,1-4H3. The van der Waals surface area contributed by atoms with Gasteiger partial charge in [0.05, 0.1) is 0 Å². The molecule has 1 nitrogen and oxygen atoms in total. The van der Waals surface area contributed by atoms with E-state index in [0.717, 1.165) is 12.8 Å². The average molecular weight is 141 g/mol. The Labute approximate surface area is 63.8 Å². The summed E-state index contributed by atoms with van der Waals surface area (Å²) in [6, 6.07) is 0. The monoisotopic (exact) mass is 141 g/mol. The molecule has 1 heteroatoms. The molecule has 0 aromatic heterocycles. The predicted octanol–water partition coefficient (Wildman–Crippen LogP) is 2.61. The van der Waals surface area contributed by atoms with Crippen molar-refractivity contribution in [2.45, 2.75) is 40.5 Å². The van der Waals surface area contributed by atoms with Crippen molar-refractivity contribution in [1.29, 1.82) is 0 Å². The molecule has 0 atom stereocenters. The highest BCUT2D eigenvalue weighted by molar-refractivity contribution is 5.91. The maximum absolute atomic E-state index is 11.2. The van der Waals surface area contributed by atoms with Crippen LogP contribution in [0.3, 0.4) is 0 Å². The van der Waals surface area contributed by atoms with Crippen LogP contribution in [0.15, 0.2) is 0 Å². The van der Waals surface area contributed by atoms with Crippen LogP contribution in [0.1, 0.15) is 40.5 Å². The van der Waals surface area contributed by atoms with Gasteiger partial charge in [-0.05, 0) is 12.8 Å². The number of ketones is 1. The molecule has 1 radical (unpaired) electrons. The zero-order valence-corrected chi connectivity index (χ0v) is 7.40. The maximum atomic E-state index is 11.2. The van der Waals surface area contributed by atoms with Gasteiger partial charge in [-0.1, -0.05) is 27.7 Å². The number of Topliss-reactive ketones (excluding diaryl/α,β-unsaturated/α-hetero) is 1. The van der Waals surface area contributed by atoms with Crippen LogP contribution in [-0.2, 0) is 4.79 Å². The summed E-state index contributed by atoms with van der Waals surface area (Å²) in [4.78, 5) is 11.2. The minimum absolute atomic E-state index is 0.102. The molecule has 0 saturated heterocycles. The molecule has 0 N–H and O–H groups in total. The Kier molecular flexibility index (Phi) is 3.62. The van der Waals surface area contributed by atoms with E-state index in [2.05, 4.69) is 13.8 Å². The van der Waals surface area contributed by atoms with Crippen LogP contribution in [0.5, 0.6) is 0 Å². The molecule has 0 aliphatic rings. The van der Waals surface area contributed by atoms with Gasteiger partial charge < -0.3 is 0 Å². The van der Waals surface area contributed by atoms with Crippen LogP contribution in [-0.4, -0.2) is 5.78 Å². The molecule has 0 heterocycles. The second kappa shape index (κ2) is 3.75. The summed E-state index contributed by atoms with van der Waals surface area (Å²) < 4.78 is 0. The molecule has 0 aromatic rings. The fourth-order valence-electron chi connectivity index (χ4n) is 0.947. The van der Waals surface area contributed by atoms with Gasteiger partial charge in [0.1, 0.15) is 5.78 Å². The summed E-state index contributed by atoms with van der Waals surface area (Å²) in [6.07, 6.45) is 3.55. The zero-order valence-electron chi connectivity index (χ0n) is 7.40. The predicted molar refractivity (Wildman–Crippen MR) is 43.7 cm³/mol. The Bertz CT molecular complexity index is 112. The Morgan fingerprint density at radius 2 is 1.80 bits per heavy atom. The molecule has 0 bridgehead atoms. The molecular weight excluding hydrogens is 124 g/mol. The van der Waals surface area contributed by atoms with E-state index in [9.17, 15) is 4.79 Å². The number of rotatable bonds is 4. The van der Waals surface area contributed by atoms with Crippen molar-refractivity contribution in [3.8, 4) is 0 Å². The van der Waals surface area contributed by atoms with Gasteiger partial charge >= 0.3 is 0 Å². The largest absolute Gasteiger partial charge is 0.299 e. The minimum Gasteiger partial charge on any atom is -0.299 e. The normalized spacial score (nSPS) is 11.6. The van der Waals surface area contributed by atoms with E-state index in [0.29, 0.717) is 0 Å². The van der Waals surface area contributed by atoms with E-state index in [-0.39, 0.29) is 11.2 Å². The van der Waals surface area contributed by atoms with E-state index in [4.69, 9.17) is 0 Å². The topological polar surface area (TPSA) is 17.1 Å². The van der Waals surface area contributed by atoms with E-state index >= 15 is 0 Å². The molecule has 0 unspecified atom stereocenters. The van der Waals surface area contributed by atoms with Crippen molar-refractivity contribution >= 4 is 5.78 Å². The minimum atomic E-state index is -0.102. The Morgan fingerprint density at radius 1 is 1.40 bits per heavy atom. The van der Waals surface area contributed by atoms with Gasteiger partial charge in [-0.2, -0.15) is 0 Å². The fraction of sp³-hybridized carbons (Fsp3) is 0.778. The summed E-state index contributed by atoms with van der Waals surface area (Å²) in [5, 5.41) is 0. The van der Waals surface area contributed by atoms with Gasteiger partial charge in [0.2, 0.25) is 0 Å². The highest BCUT2D eigenvalue weighted by atomic mass is 16.1. The molecule has 0 rings (SSSR count). The van der Waals surface area contributed by atoms with Crippen LogP contribution < -0.4 is 0 Å². The lowest BCUT2D eigenvalue weighted by Gasteiger charge is -2.23. The van der Waals surface area contributed by atoms with E-state index in [1.54, 1.807) is 6.42 Å². The third kappa shape index (κ3) is 1.83. The van der Waals surface area contributed by atoms with E-state index in [1.807, 2.05) is 13.8 Å². The number of carbonyl (C=O) groups excluding carboxylic acids is 1. The number of hydrogen-bond donors (Lipinski definition) is 0. The summed E-state index contributed by atoms with van der Waals surface area (Å²) in [5.74, 6) is 0.275. The van der Waals surface area contributed by atoms with Gasteiger partial charge in [-0.15, -0.1) is 0 Å². The van der Waals surface area contributed by atoms with Gasteiger partial charge in [0.25, 0.3) is 0 Å². The third-order valence-corrected chi connectivity index (χ3v) is 2.42. The summed E-state index contributed by atoms with van der Waals surface area (Å²) in [5.41, 5.74) is -0.102. The molecule has 0 aliphatic heterocycles. The zero-order chi connectivity index (χ0) is 8.20. The van der Waals surface area contributed by atoms with E-state index in [1.165, 1.54) is 0 Å². The first-order valence-corrected chi connectivity index (χ1v) is 3.94. The van der Waals surface area contributed by atoms with Gasteiger partial charge in [-0.25, -0.2) is 0 Å². The Balaban J connectivity index is 4.17. The lowest BCUT2D eigenvalue weighted by atomic mass is 9.79. The molecule has 0 fully saturated rings. The fourth-order valence-corrected chi connectivity index (χ4v) is 0.947. The second-order valence-electron chi connectivity index (χ2n) is 2.92. The van der Waals surface area contributed by atoms with Crippen LogP contribution in [0.2, 0.25) is 0 Å². The Hall–Kier alpha value is -0.330. The molecule has 0 spiro atoms. The van der Waals surface area contributed by atoms with Gasteiger partial charge in [0.15, 0.2) is 0 Å². The smallest absolute Gasteiger partial charge is 0.142 e. The SMILES string of the molecule is C[CH]C(=O)C(C)(CC)CC. The molecule has 0 amide bonds. The Morgan fingerprint density at radius 3 is 1.90 bits per heavy atom. The van der Waals surface area contributed by atoms with Gasteiger partial charge in [0, 0.05) is 11.8 Å². The number of hydrogen-bond acceptors (Lipinski definition) is 1. The van der Waals surface area contributed by atoms with Crippen molar-refractivity contribution < 1.29 is 4.79 Å². The summed E-state index contributed by atoms with van der Waals surface area (Å²) in [7, 11) is 0. The van der Waals surface area contributed by atoms with E-state index < -0.39 is 0 Å². The van der Waals surface area contributed by atoms with Crippen molar-refractivity contribution in [2.24, 2.45) is 5.41 Å². The molecule has 0 aliphatic carbocycles. The van der Waals surface area contributed by atoms with Crippen LogP contribution in [0.25, 0.3) is 0 Å². The molecule has 10 heavy (non-hydrogen) atoms. The molecule has 0 saturated carbocycles. The maximum Gasteiger partial charge on any atom is 0.142 e. The number of carbonyl (C=O) groups is 1. The van der Waals surface area contributed by atoms with Crippen molar-refractivity contribution in [3.63, 3.8) is 0 Å². The first-order valence-electron chi connectivity index (χ1n) is 3.94. The quantitative estimate of drug-likeness (QED) is 0.588. The van der Waals surface area contributed by atoms with Crippen LogP contribution in [0, 0.1) is 11.8 Å². The highest BCUT2D eigenvalue weighted by Crippen LogP contribution is 2.27. The van der Waals surface area contributed by atoms with Crippen molar-refractivity contribution in [3.05, 3.63) is 6.42 Å². The first-order chi connectivity index (χ1) is 4.60. The molecule has 59 valence electrons.